The quantitative estimate of drug-likeness (QED) is 0.414. The predicted octanol–water partition coefficient (Wildman–Crippen LogP) is 5.42. The van der Waals surface area contributed by atoms with Gasteiger partial charge in [-0.2, -0.15) is 5.10 Å². The highest BCUT2D eigenvalue weighted by atomic mass is 32.1. The lowest BCUT2D eigenvalue weighted by molar-refractivity contribution is 0.294. The van der Waals surface area contributed by atoms with Crippen LogP contribution in [0.5, 0.6) is 11.5 Å². The van der Waals surface area contributed by atoms with Crippen molar-refractivity contribution in [3.05, 3.63) is 46.2 Å². The second-order valence-corrected chi connectivity index (χ2v) is 7.65. The third-order valence-corrected chi connectivity index (χ3v) is 5.35. The first-order chi connectivity index (χ1) is 12.7. The summed E-state index contributed by atoms with van der Waals surface area (Å²) in [6, 6.07) is 9.86. The summed E-state index contributed by atoms with van der Waals surface area (Å²) < 4.78 is 11.2. The summed E-state index contributed by atoms with van der Waals surface area (Å²) in [6.45, 7) is 4.77. The molecule has 26 heavy (non-hydrogen) atoms. The molecule has 3 aromatic rings. The van der Waals surface area contributed by atoms with Crippen LogP contribution in [0.3, 0.4) is 0 Å². The van der Waals surface area contributed by atoms with E-state index in [9.17, 15) is 0 Å². The van der Waals surface area contributed by atoms with Crippen LogP contribution < -0.4 is 14.9 Å². The van der Waals surface area contributed by atoms with Crippen LogP contribution in [0.2, 0.25) is 0 Å². The number of rotatable bonds is 8. The zero-order valence-corrected chi connectivity index (χ0v) is 16.6. The van der Waals surface area contributed by atoms with Gasteiger partial charge in [-0.15, -0.1) is 22.7 Å². The number of benzene rings is 1. The van der Waals surface area contributed by atoms with Gasteiger partial charge in [-0.1, -0.05) is 19.1 Å². The van der Waals surface area contributed by atoms with Gasteiger partial charge in [-0.05, 0) is 36.9 Å². The lowest BCUT2D eigenvalue weighted by Crippen LogP contribution is -2.01. The Hall–Kier alpha value is -2.38. The smallest absolute Gasteiger partial charge is 0.204 e. The summed E-state index contributed by atoms with van der Waals surface area (Å²) in [5, 5.41) is 7.15. The molecule has 5 nitrogen and oxygen atoms in total. The van der Waals surface area contributed by atoms with Crippen molar-refractivity contribution in [1.29, 1.82) is 0 Å². The van der Waals surface area contributed by atoms with E-state index in [-0.39, 0.29) is 0 Å². The van der Waals surface area contributed by atoms with Crippen LogP contribution in [-0.4, -0.2) is 24.9 Å². The van der Waals surface area contributed by atoms with Gasteiger partial charge in [0, 0.05) is 10.4 Å². The van der Waals surface area contributed by atoms with E-state index in [0.717, 1.165) is 22.8 Å². The molecule has 1 aromatic carbocycles. The van der Waals surface area contributed by atoms with E-state index in [1.807, 2.05) is 24.3 Å². The molecule has 136 valence electrons. The van der Waals surface area contributed by atoms with Crippen molar-refractivity contribution in [1.82, 2.24) is 4.98 Å². The average molecular weight is 388 g/mol. The van der Waals surface area contributed by atoms with Crippen LogP contribution in [0.25, 0.3) is 10.6 Å². The zero-order chi connectivity index (χ0) is 18.4. The van der Waals surface area contributed by atoms with Crippen molar-refractivity contribution in [2.24, 2.45) is 5.10 Å². The fourth-order valence-electron chi connectivity index (χ4n) is 2.40. The maximum Gasteiger partial charge on any atom is 0.204 e. The Labute approximate surface area is 161 Å². The molecule has 0 radical (unpaired) electrons. The molecule has 0 amide bonds. The number of ether oxygens (including phenoxy) is 2. The molecule has 0 aliphatic carbocycles. The second-order valence-electron chi connectivity index (χ2n) is 5.50. The van der Waals surface area contributed by atoms with E-state index >= 15 is 0 Å². The van der Waals surface area contributed by atoms with Gasteiger partial charge in [0.25, 0.3) is 0 Å². The molecule has 0 saturated carbocycles. The zero-order valence-electron chi connectivity index (χ0n) is 15.0. The molecular weight excluding hydrogens is 366 g/mol. The molecule has 2 heterocycles. The Morgan fingerprint density at radius 2 is 2.15 bits per heavy atom. The van der Waals surface area contributed by atoms with Crippen molar-refractivity contribution in [3.8, 4) is 22.1 Å². The average Bonchev–Trinajstić information content (AvgIpc) is 3.29. The third kappa shape index (κ3) is 4.23. The SMILES string of the molecule is CCCOc1c(/C=N\Nc2nc(-c3cccs3)c(C)s2)cccc1OC. The molecule has 2 aromatic heterocycles. The second kappa shape index (κ2) is 8.82. The van der Waals surface area contributed by atoms with Gasteiger partial charge in [-0.3, -0.25) is 5.43 Å². The molecule has 0 unspecified atom stereocenters. The van der Waals surface area contributed by atoms with E-state index in [4.69, 9.17) is 9.47 Å². The first kappa shape index (κ1) is 18.4. The van der Waals surface area contributed by atoms with Gasteiger partial charge >= 0.3 is 0 Å². The maximum atomic E-state index is 5.83. The topological polar surface area (TPSA) is 55.7 Å². The Morgan fingerprint density at radius 1 is 1.27 bits per heavy atom. The molecule has 1 N–H and O–H groups in total. The minimum atomic E-state index is 0.629. The van der Waals surface area contributed by atoms with Crippen molar-refractivity contribution in [3.63, 3.8) is 0 Å². The molecule has 0 fully saturated rings. The van der Waals surface area contributed by atoms with Crippen LogP contribution >= 0.6 is 22.7 Å². The number of nitrogens with zero attached hydrogens (tertiary/aromatic N) is 2. The maximum absolute atomic E-state index is 5.83. The summed E-state index contributed by atoms with van der Waals surface area (Å²) in [5.74, 6) is 1.41. The van der Waals surface area contributed by atoms with Gasteiger partial charge in [-0.25, -0.2) is 4.98 Å². The Morgan fingerprint density at radius 3 is 2.88 bits per heavy atom. The minimum Gasteiger partial charge on any atom is -0.493 e. The summed E-state index contributed by atoms with van der Waals surface area (Å²) in [4.78, 5) is 6.97. The van der Waals surface area contributed by atoms with Crippen LogP contribution in [0, 0.1) is 6.92 Å². The molecule has 3 rings (SSSR count). The molecule has 0 atom stereocenters. The highest BCUT2D eigenvalue weighted by molar-refractivity contribution is 7.17. The highest BCUT2D eigenvalue weighted by Gasteiger charge is 2.11. The fraction of sp³-hybridized carbons (Fsp3) is 0.263. The molecule has 0 aliphatic rings. The summed E-state index contributed by atoms with van der Waals surface area (Å²) in [6.07, 6.45) is 2.66. The number of thiophene rings is 1. The molecule has 7 heteroatoms. The Balaban J connectivity index is 1.76. The van der Waals surface area contributed by atoms with E-state index in [1.54, 1.807) is 36.0 Å². The number of nitrogens with one attached hydrogen (secondary N) is 1. The number of hydrogen-bond donors (Lipinski definition) is 1. The van der Waals surface area contributed by atoms with Crippen molar-refractivity contribution >= 4 is 34.0 Å². The molecule has 0 saturated heterocycles. The number of aryl methyl sites for hydroxylation is 1. The number of hydrogen-bond acceptors (Lipinski definition) is 7. The van der Waals surface area contributed by atoms with Crippen LogP contribution in [-0.2, 0) is 0 Å². The number of hydrazone groups is 1. The highest BCUT2D eigenvalue weighted by Crippen LogP contribution is 2.33. The number of methoxy groups -OCH3 is 1. The number of thiazole rings is 1. The molecular formula is C19H21N3O2S2. The molecule has 0 spiro atoms. The first-order valence-electron chi connectivity index (χ1n) is 8.33. The standard InChI is InChI=1S/C19H21N3O2S2/c1-4-10-24-18-14(7-5-8-15(18)23-3)12-20-22-19-21-17(13(2)26-19)16-9-6-11-25-16/h5-9,11-12H,4,10H2,1-3H3,(H,21,22)/b20-12-. The molecule has 0 aliphatic heterocycles. The van der Waals surface area contributed by atoms with Crippen molar-refractivity contribution in [2.75, 3.05) is 19.1 Å². The summed E-state index contributed by atoms with van der Waals surface area (Å²) in [7, 11) is 1.64. The van der Waals surface area contributed by atoms with E-state index in [1.165, 1.54) is 9.75 Å². The summed E-state index contributed by atoms with van der Waals surface area (Å²) in [5.41, 5.74) is 4.89. The normalized spacial score (nSPS) is 11.0. The lowest BCUT2D eigenvalue weighted by Gasteiger charge is -2.12. The third-order valence-electron chi connectivity index (χ3n) is 3.59. The largest absolute Gasteiger partial charge is 0.493 e. The van der Waals surface area contributed by atoms with Crippen molar-refractivity contribution < 1.29 is 9.47 Å². The van der Waals surface area contributed by atoms with Gasteiger partial charge in [0.2, 0.25) is 5.13 Å². The number of para-hydroxylation sites is 1. The van der Waals surface area contributed by atoms with Gasteiger partial charge in [0.05, 0.1) is 30.5 Å². The Kier molecular flexibility index (Phi) is 6.25. The summed E-state index contributed by atoms with van der Waals surface area (Å²) >= 11 is 3.27. The number of anilines is 1. The van der Waals surface area contributed by atoms with E-state index in [2.05, 4.69) is 40.8 Å². The van der Waals surface area contributed by atoms with Crippen molar-refractivity contribution in [2.45, 2.75) is 20.3 Å². The first-order valence-corrected chi connectivity index (χ1v) is 10.0. The van der Waals surface area contributed by atoms with Crippen LogP contribution in [0.1, 0.15) is 23.8 Å². The Bertz CT molecular complexity index is 873. The lowest BCUT2D eigenvalue weighted by atomic mass is 10.2. The molecule has 0 bridgehead atoms. The predicted molar refractivity (Wildman–Crippen MR) is 110 cm³/mol. The monoisotopic (exact) mass is 387 g/mol. The number of aromatic nitrogens is 1. The van der Waals surface area contributed by atoms with Gasteiger partial charge in [0.1, 0.15) is 0 Å². The van der Waals surface area contributed by atoms with E-state index in [0.29, 0.717) is 18.1 Å². The van der Waals surface area contributed by atoms with Gasteiger partial charge < -0.3 is 9.47 Å². The van der Waals surface area contributed by atoms with Crippen LogP contribution in [0.4, 0.5) is 5.13 Å². The van der Waals surface area contributed by atoms with Crippen LogP contribution in [0.15, 0.2) is 40.8 Å². The minimum absolute atomic E-state index is 0.629. The van der Waals surface area contributed by atoms with E-state index < -0.39 is 0 Å². The van der Waals surface area contributed by atoms with Gasteiger partial charge in [0.15, 0.2) is 11.5 Å². The fourth-order valence-corrected chi connectivity index (χ4v) is 4.01.